The van der Waals surface area contributed by atoms with Crippen LogP contribution in [0, 0.1) is 5.92 Å². The summed E-state index contributed by atoms with van der Waals surface area (Å²) in [6.07, 6.45) is 2.17. The number of ether oxygens (including phenoxy) is 1. The van der Waals surface area contributed by atoms with Crippen molar-refractivity contribution >= 4 is 11.7 Å². The fourth-order valence-corrected chi connectivity index (χ4v) is 5.54. The van der Waals surface area contributed by atoms with Crippen LogP contribution in [0.15, 0.2) is 30.5 Å². The number of nitrogens with zero attached hydrogens (tertiary/aromatic N) is 4. The minimum atomic E-state index is -4.41. The van der Waals surface area contributed by atoms with Gasteiger partial charge in [-0.3, -0.25) is 9.48 Å². The number of hydrogen-bond acceptors (Lipinski definition) is 7. The molecule has 6 rings (SSSR count). The predicted molar refractivity (Wildman–Crippen MR) is 130 cm³/mol. The van der Waals surface area contributed by atoms with Crippen LogP contribution >= 0.6 is 0 Å². The minimum Gasteiger partial charge on any atom is -0.484 e. The van der Waals surface area contributed by atoms with Crippen LogP contribution in [0.1, 0.15) is 58.6 Å². The lowest BCUT2D eigenvalue weighted by Gasteiger charge is -2.35. The fraction of sp³-hybridized carbons (Fsp3) is 0.462. The number of carbonyl (C=O) groups excluding carboxylic acids is 1. The molecule has 1 spiro atoms. The van der Waals surface area contributed by atoms with Gasteiger partial charge in [-0.15, -0.1) is 0 Å². The average Bonchev–Trinajstić information content (AvgIpc) is 3.55. The number of rotatable bonds is 8. The van der Waals surface area contributed by atoms with E-state index in [-0.39, 0.29) is 17.7 Å². The van der Waals surface area contributed by atoms with Crippen LogP contribution in [0.5, 0.6) is 11.8 Å². The monoisotopic (exact) mass is 528 g/mol. The summed E-state index contributed by atoms with van der Waals surface area (Å²) in [5, 5.41) is 20.8. The smallest absolute Gasteiger partial charge is 0.422 e. The van der Waals surface area contributed by atoms with Crippen molar-refractivity contribution in [3.8, 4) is 11.8 Å². The van der Waals surface area contributed by atoms with Crippen LogP contribution < -0.4 is 15.4 Å². The van der Waals surface area contributed by atoms with Crippen molar-refractivity contribution in [1.82, 2.24) is 25.1 Å². The van der Waals surface area contributed by atoms with E-state index in [1.807, 2.05) is 4.68 Å². The van der Waals surface area contributed by atoms with Crippen molar-refractivity contribution in [3.63, 3.8) is 0 Å². The Hall–Kier alpha value is -3.83. The third-order valence-corrected chi connectivity index (χ3v) is 7.52. The maximum atomic E-state index is 13.6. The molecular weight excluding hydrogens is 501 g/mol. The van der Waals surface area contributed by atoms with Gasteiger partial charge in [-0.05, 0) is 54.5 Å². The van der Waals surface area contributed by atoms with Gasteiger partial charge in [-0.25, -0.2) is 4.98 Å². The number of aryl methyl sites for hydroxylation is 2. The zero-order chi connectivity index (χ0) is 26.5. The Kier molecular flexibility index (Phi) is 5.92. The van der Waals surface area contributed by atoms with Gasteiger partial charge in [-0.2, -0.15) is 23.3 Å². The van der Waals surface area contributed by atoms with E-state index >= 15 is 0 Å². The van der Waals surface area contributed by atoms with Gasteiger partial charge < -0.3 is 20.5 Å². The van der Waals surface area contributed by atoms with Crippen LogP contribution in [0.2, 0.25) is 0 Å². The Morgan fingerprint density at radius 3 is 2.87 bits per heavy atom. The average molecular weight is 529 g/mol. The summed E-state index contributed by atoms with van der Waals surface area (Å²) >= 11 is 0. The van der Waals surface area contributed by atoms with Gasteiger partial charge in [0.2, 0.25) is 0 Å². The maximum absolute atomic E-state index is 13.6. The number of benzene rings is 1. The molecule has 12 heteroatoms. The van der Waals surface area contributed by atoms with E-state index in [1.54, 1.807) is 18.2 Å². The highest BCUT2D eigenvalue weighted by atomic mass is 19.4. The molecule has 3 aromatic rings. The number of aromatic nitrogens is 4. The first kappa shape index (κ1) is 24.5. The standard InChI is InChI=1S/C26H27F3N6O3/c27-26(28,29)14-38-17-3-4-18-16(11-17)5-8-25(18)12-19-22(23(36)33-25)20(35(34-19)10-7-15-1-2-15)13-31-21-6-9-30-24(37)32-21/h3-4,6,9,11,15H,1-2,5,7-8,10,12-14H2,(H,33,36)(H2,30,31,32,37)/t25-/m0/s1. The molecule has 200 valence electrons. The summed E-state index contributed by atoms with van der Waals surface area (Å²) in [4.78, 5) is 21.2. The van der Waals surface area contributed by atoms with Gasteiger partial charge in [-0.1, -0.05) is 18.9 Å². The van der Waals surface area contributed by atoms with E-state index in [9.17, 15) is 23.1 Å². The highest BCUT2D eigenvalue weighted by Crippen LogP contribution is 2.44. The Labute approximate surface area is 216 Å². The highest BCUT2D eigenvalue weighted by molar-refractivity contribution is 5.98. The van der Waals surface area contributed by atoms with Gasteiger partial charge in [0.25, 0.3) is 5.91 Å². The van der Waals surface area contributed by atoms with Gasteiger partial charge in [0.1, 0.15) is 11.6 Å². The lowest BCUT2D eigenvalue weighted by atomic mass is 9.82. The largest absolute Gasteiger partial charge is 0.484 e. The van der Waals surface area contributed by atoms with E-state index in [4.69, 9.17) is 9.84 Å². The number of fused-ring (bicyclic) bond motifs is 3. The van der Waals surface area contributed by atoms with Crippen LogP contribution in [0.3, 0.4) is 0 Å². The quantitative estimate of drug-likeness (QED) is 0.407. The van der Waals surface area contributed by atoms with E-state index in [2.05, 4.69) is 20.6 Å². The van der Waals surface area contributed by atoms with Crippen LogP contribution in [0.4, 0.5) is 19.0 Å². The molecule has 0 radical (unpaired) electrons. The van der Waals surface area contributed by atoms with Gasteiger partial charge in [0, 0.05) is 19.2 Å². The molecule has 2 aromatic heterocycles. The summed E-state index contributed by atoms with van der Waals surface area (Å²) in [6.45, 7) is -0.360. The Bertz CT molecular complexity index is 1390. The summed E-state index contributed by atoms with van der Waals surface area (Å²) in [6, 6.07) is 6.21. The van der Waals surface area contributed by atoms with E-state index < -0.39 is 18.3 Å². The van der Waals surface area contributed by atoms with Crippen molar-refractivity contribution in [2.24, 2.45) is 5.92 Å². The first-order valence-electron chi connectivity index (χ1n) is 12.7. The van der Waals surface area contributed by atoms with Crippen molar-refractivity contribution in [1.29, 1.82) is 0 Å². The normalized spacial score (nSPS) is 20.2. The summed E-state index contributed by atoms with van der Waals surface area (Å²) in [5.74, 6) is 1.06. The topological polar surface area (TPSA) is 114 Å². The molecule has 1 fully saturated rings. The number of alkyl halides is 3. The molecular formula is C26H27F3N6O3. The lowest BCUT2D eigenvalue weighted by molar-refractivity contribution is -0.153. The molecule has 3 N–H and O–H groups in total. The predicted octanol–water partition coefficient (Wildman–Crippen LogP) is 3.86. The van der Waals surface area contributed by atoms with Crippen molar-refractivity contribution in [2.75, 3.05) is 11.9 Å². The molecule has 1 amide bonds. The maximum Gasteiger partial charge on any atom is 0.422 e. The van der Waals surface area contributed by atoms with Crippen molar-refractivity contribution in [2.45, 2.75) is 63.3 Å². The molecule has 1 saturated carbocycles. The number of anilines is 1. The number of halogens is 3. The first-order valence-corrected chi connectivity index (χ1v) is 12.7. The second-order valence-electron chi connectivity index (χ2n) is 10.3. The van der Waals surface area contributed by atoms with E-state index in [0.717, 1.165) is 23.2 Å². The first-order chi connectivity index (χ1) is 18.2. The SMILES string of the molecule is O=C1N[C@@]2(CCc3cc(OCC(F)(F)F)ccc32)Cc2nn(CCC3CC3)c(CNc3ccnc(O)n3)c21. The number of hydrogen-bond donors (Lipinski definition) is 3. The van der Waals surface area contributed by atoms with Crippen LogP contribution in [0.25, 0.3) is 0 Å². The van der Waals surface area contributed by atoms with Crippen molar-refractivity contribution < 1.29 is 27.8 Å². The minimum absolute atomic E-state index is 0.162. The molecule has 1 aliphatic heterocycles. The molecule has 0 saturated heterocycles. The third kappa shape index (κ3) is 4.86. The number of carbonyl (C=O) groups is 1. The summed E-state index contributed by atoms with van der Waals surface area (Å²) < 4.78 is 44.6. The Morgan fingerprint density at radius 2 is 2.11 bits per heavy atom. The molecule has 2 aliphatic carbocycles. The molecule has 0 unspecified atom stereocenters. The lowest BCUT2D eigenvalue weighted by Crippen LogP contribution is -2.50. The highest BCUT2D eigenvalue weighted by Gasteiger charge is 2.46. The summed E-state index contributed by atoms with van der Waals surface area (Å²) in [7, 11) is 0. The van der Waals surface area contributed by atoms with Crippen LogP contribution in [-0.4, -0.2) is 43.5 Å². The third-order valence-electron chi connectivity index (χ3n) is 7.52. The van der Waals surface area contributed by atoms with E-state index in [1.165, 1.54) is 25.1 Å². The fourth-order valence-electron chi connectivity index (χ4n) is 5.54. The Morgan fingerprint density at radius 1 is 1.26 bits per heavy atom. The second kappa shape index (κ2) is 9.17. The Balaban J connectivity index is 1.27. The zero-order valence-electron chi connectivity index (χ0n) is 20.5. The molecule has 1 atom stereocenters. The second-order valence-corrected chi connectivity index (χ2v) is 10.3. The van der Waals surface area contributed by atoms with Gasteiger partial charge in [0.05, 0.1) is 29.0 Å². The van der Waals surface area contributed by atoms with Crippen molar-refractivity contribution in [3.05, 3.63) is 58.5 Å². The molecule has 1 aromatic carbocycles. The van der Waals surface area contributed by atoms with Crippen LogP contribution in [-0.2, 0) is 31.5 Å². The van der Waals surface area contributed by atoms with Gasteiger partial charge in [0.15, 0.2) is 6.61 Å². The number of amides is 1. The molecule has 0 bridgehead atoms. The summed E-state index contributed by atoms with van der Waals surface area (Å²) in [5.41, 5.74) is 3.08. The number of nitrogens with one attached hydrogen (secondary N) is 2. The molecule has 9 nitrogen and oxygen atoms in total. The van der Waals surface area contributed by atoms with Gasteiger partial charge >= 0.3 is 12.2 Å². The number of aromatic hydroxyl groups is 1. The molecule has 38 heavy (non-hydrogen) atoms. The molecule has 3 aliphatic rings. The van der Waals surface area contributed by atoms with E-state index in [0.29, 0.717) is 55.3 Å². The molecule has 3 heterocycles. The zero-order valence-corrected chi connectivity index (χ0v) is 20.5.